The van der Waals surface area contributed by atoms with Crippen LogP contribution in [0.1, 0.15) is 41.2 Å². The number of nitrogens with zero attached hydrogens (tertiary/aromatic N) is 3. The summed E-state index contributed by atoms with van der Waals surface area (Å²) in [6, 6.07) is 10.6. The first-order valence-corrected chi connectivity index (χ1v) is 9.55. The van der Waals surface area contributed by atoms with Crippen LogP contribution in [0, 0.1) is 31.1 Å². The van der Waals surface area contributed by atoms with Crippen molar-refractivity contribution < 1.29 is 9.59 Å². The summed E-state index contributed by atoms with van der Waals surface area (Å²) in [7, 11) is 3.36. The van der Waals surface area contributed by atoms with Crippen LogP contribution in [0.4, 0.5) is 5.69 Å². The van der Waals surface area contributed by atoms with Gasteiger partial charge in [0, 0.05) is 43.3 Å². The molecule has 152 valence electrons. The van der Waals surface area contributed by atoms with Gasteiger partial charge in [0.1, 0.15) is 11.6 Å². The number of rotatable bonds is 6. The summed E-state index contributed by atoms with van der Waals surface area (Å²) >= 11 is 0. The molecule has 1 aromatic carbocycles. The highest BCUT2D eigenvalue weighted by Gasteiger charge is 2.14. The summed E-state index contributed by atoms with van der Waals surface area (Å²) in [6.45, 7) is 9.21. The average Bonchev–Trinajstić information content (AvgIpc) is 2.92. The summed E-state index contributed by atoms with van der Waals surface area (Å²) in [5.41, 5.74) is 4.08. The Bertz CT molecular complexity index is 974. The monoisotopic (exact) mass is 392 g/mol. The standard InChI is InChI=1S/C23H28N4O2/c1-15(2)14-27-16(3)11-19(17(27)4)12-20(13-24)22(28)25-21-9-7-18(8-10-21)23(29)26(5)6/h7-12,15H,14H2,1-6H3,(H,25,28)/b20-12+. The van der Waals surface area contributed by atoms with Gasteiger partial charge in [0.2, 0.25) is 0 Å². The van der Waals surface area contributed by atoms with Crippen molar-refractivity contribution in [3.63, 3.8) is 0 Å². The van der Waals surface area contributed by atoms with Gasteiger partial charge in [-0.2, -0.15) is 5.26 Å². The van der Waals surface area contributed by atoms with E-state index >= 15 is 0 Å². The van der Waals surface area contributed by atoms with E-state index in [1.807, 2.05) is 26.0 Å². The molecule has 2 aromatic rings. The minimum atomic E-state index is -0.479. The number of nitriles is 1. The first-order chi connectivity index (χ1) is 13.6. The molecule has 0 saturated heterocycles. The molecule has 0 bridgehead atoms. The molecule has 0 fully saturated rings. The zero-order chi connectivity index (χ0) is 21.7. The van der Waals surface area contributed by atoms with Gasteiger partial charge in [-0.25, -0.2) is 0 Å². The molecule has 0 aliphatic rings. The van der Waals surface area contributed by atoms with Crippen molar-refractivity contribution in [2.24, 2.45) is 5.92 Å². The molecule has 1 aromatic heterocycles. The van der Waals surface area contributed by atoms with Gasteiger partial charge >= 0.3 is 0 Å². The van der Waals surface area contributed by atoms with Gasteiger partial charge in [0.25, 0.3) is 11.8 Å². The Morgan fingerprint density at radius 2 is 1.83 bits per heavy atom. The summed E-state index contributed by atoms with van der Waals surface area (Å²) < 4.78 is 2.20. The van der Waals surface area contributed by atoms with E-state index in [4.69, 9.17) is 0 Å². The maximum absolute atomic E-state index is 12.6. The lowest BCUT2D eigenvalue weighted by atomic mass is 10.1. The lowest BCUT2D eigenvalue weighted by Gasteiger charge is -2.12. The Morgan fingerprint density at radius 1 is 1.21 bits per heavy atom. The van der Waals surface area contributed by atoms with Crippen LogP contribution in [0.25, 0.3) is 6.08 Å². The van der Waals surface area contributed by atoms with Crippen LogP contribution in [0.2, 0.25) is 0 Å². The number of carbonyl (C=O) groups is 2. The van der Waals surface area contributed by atoms with Crippen LogP contribution >= 0.6 is 0 Å². The van der Waals surface area contributed by atoms with Crippen LogP contribution in [-0.4, -0.2) is 35.4 Å². The van der Waals surface area contributed by atoms with E-state index in [0.29, 0.717) is 17.2 Å². The maximum Gasteiger partial charge on any atom is 0.266 e. The number of hydrogen-bond acceptors (Lipinski definition) is 3. The predicted molar refractivity (Wildman–Crippen MR) is 115 cm³/mol. The van der Waals surface area contributed by atoms with Gasteiger partial charge < -0.3 is 14.8 Å². The molecule has 2 amide bonds. The molecule has 6 nitrogen and oxygen atoms in total. The number of benzene rings is 1. The first-order valence-electron chi connectivity index (χ1n) is 9.55. The Labute approximate surface area is 172 Å². The fourth-order valence-corrected chi connectivity index (χ4v) is 3.08. The largest absolute Gasteiger partial charge is 0.348 e. The van der Waals surface area contributed by atoms with Crippen LogP contribution in [0.5, 0.6) is 0 Å². The number of carbonyl (C=O) groups excluding carboxylic acids is 2. The van der Waals surface area contributed by atoms with Crippen LogP contribution < -0.4 is 5.32 Å². The molecular weight excluding hydrogens is 364 g/mol. The topological polar surface area (TPSA) is 78.1 Å². The van der Waals surface area contributed by atoms with Crippen molar-refractivity contribution in [1.29, 1.82) is 5.26 Å². The van der Waals surface area contributed by atoms with Crippen molar-refractivity contribution in [3.05, 3.63) is 58.4 Å². The van der Waals surface area contributed by atoms with E-state index in [0.717, 1.165) is 23.5 Å². The lowest BCUT2D eigenvalue weighted by molar-refractivity contribution is -0.112. The minimum absolute atomic E-state index is 0.0308. The molecular formula is C23H28N4O2. The Kier molecular flexibility index (Phi) is 7.00. The highest BCUT2D eigenvalue weighted by molar-refractivity contribution is 6.09. The predicted octanol–water partition coefficient (Wildman–Crippen LogP) is 4.01. The molecule has 29 heavy (non-hydrogen) atoms. The SMILES string of the molecule is Cc1cc(/C=C(\C#N)C(=O)Nc2ccc(C(=O)N(C)C)cc2)c(C)n1CC(C)C. The van der Waals surface area contributed by atoms with E-state index in [1.165, 1.54) is 4.90 Å². The molecule has 0 atom stereocenters. The fourth-order valence-electron chi connectivity index (χ4n) is 3.08. The summed E-state index contributed by atoms with van der Waals surface area (Å²) in [4.78, 5) is 26.0. The van der Waals surface area contributed by atoms with Gasteiger partial charge in [-0.05, 0) is 61.7 Å². The van der Waals surface area contributed by atoms with E-state index in [-0.39, 0.29) is 11.5 Å². The van der Waals surface area contributed by atoms with E-state index < -0.39 is 5.91 Å². The van der Waals surface area contributed by atoms with E-state index in [2.05, 4.69) is 23.7 Å². The number of amides is 2. The molecule has 0 aliphatic carbocycles. The molecule has 0 unspecified atom stereocenters. The van der Waals surface area contributed by atoms with Gasteiger partial charge in [0.05, 0.1) is 0 Å². The van der Waals surface area contributed by atoms with Gasteiger partial charge in [0.15, 0.2) is 0 Å². The van der Waals surface area contributed by atoms with E-state index in [9.17, 15) is 14.9 Å². The highest BCUT2D eigenvalue weighted by Crippen LogP contribution is 2.20. The molecule has 6 heteroatoms. The third kappa shape index (κ3) is 5.35. The van der Waals surface area contributed by atoms with Crippen LogP contribution in [0.15, 0.2) is 35.9 Å². The molecule has 1 N–H and O–H groups in total. The highest BCUT2D eigenvalue weighted by atomic mass is 16.2. The van der Waals surface area contributed by atoms with Crippen LogP contribution in [-0.2, 0) is 11.3 Å². The number of aryl methyl sites for hydroxylation is 1. The number of aromatic nitrogens is 1. The molecule has 1 heterocycles. The van der Waals surface area contributed by atoms with Gasteiger partial charge in [-0.15, -0.1) is 0 Å². The summed E-state index contributed by atoms with van der Waals surface area (Å²) in [5, 5.41) is 12.2. The van der Waals surface area contributed by atoms with Crippen LogP contribution in [0.3, 0.4) is 0 Å². The second-order valence-corrected chi connectivity index (χ2v) is 7.73. The first kappa shape index (κ1) is 22.0. The third-order valence-electron chi connectivity index (χ3n) is 4.62. The van der Waals surface area contributed by atoms with Crippen molar-refractivity contribution in [2.45, 2.75) is 34.2 Å². The number of anilines is 1. The lowest BCUT2D eigenvalue weighted by Crippen LogP contribution is -2.21. The Hall–Kier alpha value is -3.33. The zero-order valence-corrected chi connectivity index (χ0v) is 17.9. The fraction of sp³-hybridized carbons (Fsp3) is 0.348. The average molecular weight is 393 g/mol. The quantitative estimate of drug-likeness (QED) is 0.596. The normalized spacial score (nSPS) is 11.3. The van der Waals surface area contributed by atoms with Crippen molar-refractivity contribution in [3.8, 4) is 6.07 Å². The minimum Gasteiger partial charge on any atom is -0.348 e. The summed E-state index contributed by atoms with van der Waals surface area (Å²) in [5.74, 6) is -0.0946. The number of hydrogen-bond donors (Lipinski definition) is 1. The summed E-state index contributed by atoms with van der Waals surface area (Å²) in [6.07, 6.45) is 1.62. The zero-order valence-electron chi connectivity index (χ0n) is 17.9. The smallest absolute Gasteiger partial charge is 0.266 e. The van der Waals surface area contributed by atoms with Crippen molar-refractivity contribution in [2.75, 3.05) is 19.4 Å². The molecule has 0 radical (unpaired) electrons. The maximum atomic E-state index is 12.6. The Morgan fingerprint density at radius 3 is 2.34 bits per heavy atom. The van der Waals surface area contributed by atoms with Crippen molar-refractivity contribution in [1.82, 2.24) is 9.47 Å². The van der Waals surface area contributed by atoms with E-state index in [1.54, 1.807) is 44.4 Å². The molecule has 0 saturated carbocycles. The van der Waals surface area contributed by atoms with Gasteiger partial charge in [-0.3, -0.25) is 9.59 Å². The van der Waals surface area contributed by atoms with Crippen molar-refractivity contribution >= 4 is 23.6 Å². The second kappa shape index (κ2) is 9.24. The number of nitrogens with one attached hydrogen (secondary N) is 1. The molecule has 0 aliphatic heterocycles. The molecule has 2 rings (SSSR count). The van der Waals surface area contributed by atoms with Gasteiger partial charge in [-0.1, -0.05) is 13.8 Å². The third-order valence-corrected chi connectivity index (χ3v) is 4.62. The second-order valence-electron chi connectivity index (χ2n) is 7.73. The molecule has 0 spiro atoms. The Balaban J connectivity index is 2.21.